The number of anilines is 1. The Hall–Kier alpha value is -2.97. The molecule has 0 radical (unpaired) electrons. The fourth-order valence-corrected chi connectivity index (χ4v) is 3.89. The lowest BCUT2D eigenvalue weighted by atomic mass is 10.1. The van der Waals surface area contributed by atoms with Crippen molar-refractivity contribution in [2.45, 2.75) is 19.9 Å². The van der Waals surface area contributed by atoms with Gasteiger partial charge >= 0.3 is 0 Å². The van der Waals surface area contributed by atoms with E-state index in [2.05, 4.69) is 34.2 Å². The van der Waals surface area contributed by atoms with E-state index in [9.17, 15) is 5.11 Å². The van der Waals surface area contributed by atoms with Crippen molar-refractivity contribution in [3.8, 4) is 22.8 Å². The van der Waals surface area contributed by atoms with E-state index in [-0.39, 0.29) is 12.6 Å². The maximum absolute atomic E-state index is 9.53. The van der Waals surface area contributed by atoms with Gasteiger partial charge in [-0.1, -0.05) is 25.2 Å². The minimum atomic E-state index is -0.0194. The zero-order valence-corrected chi connectivity index (χ0v) is 17.3. The first kappa shape index (κ1) is 19.4. The van der Waals surface area contributed by atoms with Gasteiger partial charge < -0.3 is 15.2 Å². The third-order valence-electron chi connectivity index (χ3n) is 4.64. The lowest BCUT2D eigenvalue weighted by molar-refractivity contribution is 0.249. The van der Waals surface area contributed by atoms with E-state index in [4.69, 9.17) is 4.74 Å². The van der Waals surface area contributed by atoms with Crippen LogP contribution >= 0.6 is 11.3 Å². The summed E-state index contributed by atoms with van der Waals surface area (Å²) in [5.41, 5.74) is 2.65. The largest absolute Gasteiger partial charge is 0.457 e. The number of aryl methyl sites for hydroxylation is 1. The monoisotopic (exact) mass is 409 g/mol. The van der Waals surface area contributed by atoms with E-state index in [0.29, 0.717) is 11.7 Å². The number of nitrogens with one attached hydrogen (secondary N) is 1. The van der Waals surface area contributed by atoms with Crippen LogP contribution in [0.25, 0.3) is 21.5 Å². The van der Waals surface area contributed by atoms with Gasteiger partial charge in [0.1, 0.15) is 11.5 Å². The Morgan fingerprint density at radius 3 is 2.76 bits per heavy atom. The number of benzene rings is 1. The summed E-state index contributed by atoms with van der Waals surface area (Å²) in [4.78, 5) is 9.01. The van der Waals surface area contributed by atoms with Gasteiger partial charge in [0.15, 0.2) is 5.13 Å². The summed E-state index contributed by atoms with van der Waals surface area (Å²) < 4.78 is 8.82. The van der Waals surface area contributed by atoms with Crippen LogP contribution in [0.1, 0.15) is 13.8 Å². The van der Waals surface area contributed by atoms with Gasteiger partial charge in [0.25, 0.3) is 0 Å². The number of ether oxygens (including phenoxy) is 1. The Bertz CT molecular complexity index is 1120. The third kappa shape index (κ3) is 4.38. The summed E-state index contributed by atoms with van der Waals surface area (Å²) in [5.74, 6) is 1.76. The molecule has 0 spiro atoms. The van der Waals surface area contributed by atoms with Crippen molar-refractivity contribution in [1.82, 2.24) is 19.7 Å². The van der Waals surface area contributed by atoms with Crippen LogP contribution in [-0.2, 0) is 7.05 Å². The predicted octanol–water partition coefficient (Wildman–Crippen LogP) is 4.31. The molecule has 3 heterocycles. The van der Waals surface area contributed by atoms with E-state index < -0.39 is 0 Å². The lowest BCUT2D eigenvalue weighted by Gasteiger charge is -2.18. The number of nitrogens with zero attached hydrogens (tertiary/aromatic N) is 4. The second-order valence-corrected chi connectivity index (χ2v) is 8.24. The molecule has 1 unspecified atom stereocenters. The van der Waals surface area contributed by atoms with E-state index >= 15 is 0 Å². The fraction of sp³-hybridized carbons (Fsp3) is 0.286. The third-order valence-corrected chi connectivity index (χ3v) is 5.59. The number of thiazole rings is 1. The number of aromatic nitrogens is 4. The van der Waals surface area contributed by atoms with Gasteiger partial charge in [-0.25, -0.2) is 4.98 Å². The first-order valence-corrected chi connectivity index (χ1v) is 10.2. The van der Waals surface area contributed by atoms with Gasteiger partial charge in [-0.05, 0) is 24.1 Å². The highest BCUT2D eigenvalue weighted by Gasteiger charge is 2.14. The maximum atomic E-state index is 9.53. The molecule has 0 aliphatic carbocycles. The molecule has 8 heteroatoms. The van der Waals surface area contributed by atoms with Crippen molar-refractivity contribution in [3.63, 3.8) is 0 Å². The molecule has 1 atom stereocenters. The number of aliphatic hydroxyl groups excluding tert-OH is 1. The summed E-state index contributed by atoms with van der Waals surface area (Å²) in [5, 5.41) is 17.8. The Balaban J connectivity index is 1.54. The second-order valence-electron chi connectivity index (χ2n) is 7.21. The van der Waals surface area contributed by atoms with Crippen LogP contribution in [0.5, 0.6) is 11.5 Å². The van der Waals surface area contributed by atoms with Crippen LogP contribution in [-0.4, -0.2) is 37.5 Å². The smallest absolute Gasteiger partial charge is 0.184 e. The van der Waals surface area contributed by atoms with Crippen molar-refractivity contribution >= 4 is 26.7 Å². The number of fused-ring (bicyclic) bond motifs is 1. The Kier molecular flexibility index (Phi) is 5.46. The Morgan fingerprint density at radius 2 is 2.03 bits per heavy atom. The van der Waals surface area contributed by atoms with Crippen LogP contribution in [0, 0.1) is 5.92 Å². The van der Waals surface area contributed by atoms with Crippen molar-refractivity contribution in [1.29, 1.82) is 0 Å². The molecule has 0 saturated heterocycles. The van der Waals surface area contributed by atoms with Crippen molar-refractivity contribution < 1.29 is 9.84 Å². The molecule has 0 aliphatic heterocycles. The van der Waals surface area contributed by atoms with Crippen LogP contribution in [0.15, 0.2) is 48.9 Å². The van der Waals surface area contributed by atoms with Crippen molar-refractivity contribution in [3.05, 3.63) is 48.9 Å². The number of rotatable bonds is 7. The minimum absolute atomic E-state index is 0.0194. The van der Waals surface area contributed by atoms with Gasteiger partial charge in [-0.2, -0.15) is 5.10 Å². The normalized spacial score (nSPS) is 12.4. The molecule has 0 bridgehead atoms. The highest BCUT2D eigenvalue weighted by atomic mass is 32.1. The predicted molar refractivity (Wildman–Crippen MR) is 115 cm³/mol. The molecule has 4 aromatic rings. The van der Waals surface area contributed by atoms with E-state index in [0.717, 1.165) is 32.4 Å². The zero-order chi connectivity index (χ0) is 20.4. The SMILES string of the molecule is CC(C)C(CO)Nc1nc2ccc(Oc3ccnc(-c4cnn(C)c4)c3)cc2s1. The summed E-state index contributed by atoms with van der Waals surface area (Å²) in [7, 11) is 1.88. The first-order chi connectivity index (χ1) is 14.0. The molecular weight excluding hydrogens is 386 g/mol. The van der Waals surface area contributed by atoms with E-state index in [1.165, 1.54) is 0 Å². The van der Waals surface area contributed by atoms with Crippen LogP contribution < -0.4 is 10.1 Å². The number of pyridine rings is 1. The van der Waals surface area contributed by atoms with Gasteiger partial charge in [0.2, 0.25) is 0 Å². The number of hydrogen-bond donors (Lipinski definition) is 2. The van der Waals surface area contributed by atoms with Gasteiger partial charge in [-0.3, -0.25) is 9.67 Å². The quantitative estimate of drug-likeness (QED) is 0.473. The average molecular weight is 410 g/mol. The Morgan fingerprint density at radius 1 is 1.21 bits per heavy atom. The molecule has 0 fully saturated rings. The molecule has 3 aromatic heterocycles. The topological polar surface area (TPSA) is 85.1 Å². The molecule has 1 aromatic carbocycles. The summed E-state index contributed by atoms with van der Waals surface area (Å²) in [6.45, 7) is 4.21. The fourth-order valence-electron chi connectivity index (χ4n) is 2.93. The second kappa shape index (κ2) is 8.18. The van der Waals surface area contributed by atoms with Crippen LogP contribution in [0.2, 0.25) is 0 Å². The van der Waals surface area contributed by atoms with Gasteiger partial charge in [0, 0.05) is 37.1 Å². The maximum Gasteiger partial charge on any atom is 0.184 e. The molecular formula is C21H23N5O2S. The van der Waals surface area contributed by atoms with Crippen molar-refractivity contribution in [2.75, 3.05) is 11.9 Å². The molecule has 0 amide bonds. The van der Waals surface area contributed by atoms with E-state index in [1.54, 1.807) is 28.4 Å². The van der Waals surface area contributed by atoms with Gasteiger partial charge in [0.05, 0.1) is 34.8 Å². The standard InChI is InChI=1S/C21H23N5O2S/c1-13(2)19(12-27)25-21-24-17-5-4-15(9-20(17)29-21)28-16-6-7-22-18(8-16)14-10-23-26(3)11-14/h4-11,13,19,27H,12H2,1-3H3,(H,24,25). The molecule has 0 saturated carbocycles. The number of hydrogen-bond acceptors (Lipinski definition) is 7. The van der Waals surface area contributed by atoms with Crippen molar-refractivity contribution in [2.24, 2.45) is 13.0 Å². The minimum Gasteiger partial charge on any atom is -0.457 e. The highest BCUT2D eigenvalue weighted by Crippen LogP contribution is 2.32. The molecule has 4 rings (SSSR count). The Labute approximate surface area is 173 Å². The van der Waals surface area contributed by atoms with E-state index in [1.807, 2.05) is 43.6 Å². The molecule has 0 aliphatic rings. The summed E-state index contributed by atoms with van der Waals surface area (Å²) >= 11 is 1.55. The number of aliphatic hydroxyl groups is 1. The molecule has 29 heavy (non-hydrogen) atoms. The van der Waals surface area contributed by atoms with Gasteiger partial charge in [-0.15, -0.1) is 0 Å². The molecule has 150 valence electrons. The summed E-state index contributed by atoms with van der Waals surface area (Å²) in [6.07, 6.45) is 5.42. The lowest BCUT2D eigenvalue weighted by Crippen LogP contribution is -2.29. The summed E-state index contributed by atoms with van der Waals surface area (Å²) in [6, 6.07) is 9.54. The molecule has 7 nitrogen and oxygen atoms in total. The van der Waals surface area contributed by atoms with Crippen LogP contribution in [0.4, 0.5) is 5.13 Å². The first-order valence-electron chi connectivity index (χ1n) is 9.43. The molecule has 2 N–H and O–H groups in total. The average Bonchev–Trinajstić information content (AvgIpc) is 3.31. The zero-order valence-electron chi connectivity index (χ0n) is 16.5. The highest BCUT2D eigenvalue weighted by molar-refractivity contribution is 7.22. The van der Waals surface area contributed by atoms with Crippen LogP contribution in [0.3, 0.4) is 0 Å².